The van der Waals surface area contributed by atoms with Gasteiger partial charge in [-0.2, -0.15) is 0 Å². The van der Waals surface area contributed by atoms with Crippen molar-refractivity contribution in [2.45, 2.75) is 63.5 Å². The summed E-state index contributed by atoms with van der Waals surface area (Å²) in [7, 11) is 0. The summed E-state index contributed by atoms with van der Waals surface area (Å²) in [6, 6.07) is 1.20. The van der Waals surface area contributed by atoms with E-state index in [2.05, 4.69) is 15.2 Å². The molecule has 0 spiro atoms. The predicted molar refractivity (Wildman–Crippen MR) is 82.4 cm³/mol. The second-order valence-electron chi connectivity index (χ2n) is 6.52. The molecule has 3 N–H and O–H groups in total. The van der Waals surface area contributed by atoms with E-state index in [1.807, 2.05) is 0 Å². The lowest BCUT2D eigenvalue weighted by Crippen LogP contribution is -2.47. The van der Waals surface area contributed by atoms with Gasteiger partial charge in [0.2, 0.25) is 5.96 Å². The number of nitrogens with zero attached hydrogens (tertiary/aromatic N) is 3. The SMILES string of the molecule is NNC(=NC1CCCC1)N1CCC(N2CCCCC2)C1. The van der Waals surface area contributed by atoms with Crippen molar-refractivity contribution in [1.29, 1.82) is 0 Å². The molecule has 5 heteroatoms. The average molecular weight is 279 g/mol. The Hall–Kier alpha value is -0.810. The van der Waals surface area contributed by atoms with E-state index in [1.165, 1.54) is 64.5 Å². The van der Waals surface area contributed by atoms with E-state index in [1.54, 1.807) is 0 Å². The van der Waals surface area contributed by atoms with Crippen molar-refractivity contribution in [3.8, 4) is 0 Å². The molecule has 0 aromatic heterocycles. The van der Waals surface area contributed by atoms with Gasteiger partial charge in [-0.3, -0.25) is 10.3 Å². The van der Waals surface area contributed by atoms with Crippen LogP contribution in [-0.4, -0.2) is 54.0 Å². The van der Waals surface area contributed by atoms with Gasteiger partial charge >= 0.3 is 0 Å². The molecule has 2 aliphatic heterocycles. The maximum Gasteiger partial charge on any atom is 0.208 e. The van der Waals surface area contributed by atoms with Crippen molar-refractivity contribution in [1.82, 2.24) is 15.2 Å². The maximum absolute atomic E-state index is 5.72. The minimum absolute atomic E-state index is 0.495. The van der Waals surface area contributed by atoms with Crippen LogP contribution in [0.25, 0.3) is 0 Å². The van der Waals surface area contributed by atoms with Crippen molar-refractivity contribution >= 4 is 5.96 Å². The Kier molecular flexibility index (Phi) is 4.78. The highest BCUT2D eigenvalue weighted by Gasteiger charge is 2.30. The van der Waals surface area contributed by atoms with E-state index in [-0.39, 0.29) is 0 Å². The highest BCUT2D eigenvalue weighted by Crippen LogP contribution is 2.23. The van der Waals surface area contributed by atoms with Crippen LogP contribution in [0, 0.1) is 0 Å². The molecule has 3 aliphatic rings. The predicted octanol–water partition coefficient (Wildman–Crippen LogP) is 1.31. The number of nitrogens with one attached hydrogen (secondary N) is 1. The van der Waals surface area contributed by atoms with E-state index < -0.39 is 0 Å². The summed E-state index contributed by atoms with van der Waals surface area (Å²) in [6.07, 6.45) is 10.5. The lowest BCUT2D eigenvalue weighted by atomic mass is 10.1. The van der Waals surface area contributed by atoms with E-state index in [9.17, 15) is 0 Å². The molecule has 2 saturated heterocycles. The number of nitrogens with two attached hydrogens (primary N) is 1. The van der Waals surface area contributed by atoms with Gasteiger partial charge in [-0.25, -0.2) is 10.8 Å². The molecule has 3 rings (SSSR count). The highest BCUT2D eigenvalue weighted by atomic mass is 15.4. The summed E-state index contributed by atoms with van der Waals surface area (Å²) in [5.41, 5.74) is 2.85. The second kappa shape index (κ2) is 6.76. The lowest BCUT2D eigenvalue weighted by Gasteiger charge is -2.32. The van der Waals surface area contributed by atoms with Gasteiger partial charge in [-0.05, 0) is 45.2 Å². The molecule has 1 atom stereocenters. The molecule has 3 fully saturated rings. The summed E-state index contributed by atoms with van der Waals surface area (Å²) >= 11 is 0. The fourth-order valence-electron chi connectivity index (χ4n) is 3.93. The average Bonchev–Trinajstić information content (AvgIpc) is 3.17. The molecule has 2 heterocycles. The summed E-state index contributed by atoms with van der Waals surface area (Å²) < 4.78 is 0. The molecular weight excluding hydrogens is 250 g/mol. The number of rotatable bonds is 2. The lowest BCUT2D eigenvalue weighted by molar-refractivity contribution is 0.168. The van der Waals surface area contributed by atoms with Crippen LogP contribution >= 0.6 is 0 Å². The van der Waals surface area contributed by atoms with Crippen LogP contribution in [0.15, 0.2) is 4.99 Å². The third-order valence-electron chi connectivity index (χ3n) is 5.13. The zero-order valence-corrected chi connectivity index (χ0v) is 12.6. The van der Waals surface area contributed by atoms with E-state index in [0.29, 0.717) is 12.1 Å². The smallest absolute Gasteiger partial charge is 0.208 e. The number of hydrazine groups is 1. The monoisotopic (exact) mass is 279 g/mol. The van der Waals surface area contributed by atoms with Crippen LogP contribution in [0.2, 0.25) is 0 Å². The molecule has 0 bridgehead atoms. The number of piperidine rings is 1. The Morgan fingerprint density at radius 1 is 0.950 bits per heavy atom. The van der Waals surface area contributed by atoms with Gasteiger partial charge in [0.15, 0.2) is 0 Å². The highest BCUT2D eigenvalue weighted by molar-refractivity contribution is 5.80. The molecule has 20 heavy (non-hydrogen) atoms. The van der Waals surface area contributed by atoms with Crippen LogP contribution in [-0.2, 0) is 0 Å². The summed E-state index contributed by atoms with van der Waals surface area (Å²) in [6.45, 7) is 4.75. The molecule has 1 aliphatic carbocycles. The molecule has 1 saturated carbocycles. The molecule has 5 nitrogen and oxygen atoms in total. The topological polar surface area (TPSA) is 56.9 Å². The molecule has 0 amide bonds. The van der Waals surface area contributed by atoms with Crippen LogP contribution < -0.4 is 11.3 Å². The zero-order valence-electron chi connectivity index (χ0n) is 12.6. The van der Waals surface area contributed by atoms with E-state index in [0.717, 1.165) is 19.0 Å². The number of aliphatic imine (C=N–C) groups is 1. The Labute approximate surface area is 122 Å². The standard InChI is InChI=1S/C15H29N5/c16-18-15(17-13-6-2-3-7-13)20-11-8-14(12-20)19-9-4-1-5-10-19/h13-14H,1-12,16H2,(H,17,18). The van der Waals surface area contributed by atoms with Gasteiger partial charge in [0.05, 0.1) is 6.04 Å². The third-order valence-corrected chi connectivity index (χ3v) is 5.13. The molecule has 1 unspecified atom stereocenters. The third kappa shape index (κ3) is 3.26. The first kappa shape index (κ1) is 14.1. The van der Waals surface area contributed by atoms with Gasteiger partial charge in [0.25, 0.3) is 0 Å². The van der Waals surface area contributed by atoms with Crippen LogP contribution in [0.5, 0.6) is 0 Å². The molecule has 0 aromatic carbocycles. The van der Waals surface area contributed by atoms with Gasteiger partial charge in [0.1, 0.15) is 0 Å². The van der Waals surface area contributed by atoms with Gasteiger partial charge in [-0.1, -0.05) is 19.3 Å². The largest absolute Gasteiger partial charge is 0.340 e. The van der Waals surface area contributed by atoms with Crippen LogP contribution in [0.4, 0.5) is 0 Å². The Bertz CT molecular complexity index is 331. The maximum atomic E-state index is 5.72. The Morgan fingerprint density at radius 3 is 2.40 bits per heavy atom. The minimum Gasteiger partial charge on any atom is -0.340 e. The molecule has 0 radical (unpaired) electrons. The summed E-state index contributed by atoms with van der Waals surface area (Å²) in [4.78, 5) is 9.88. The first-order valence-electron chi connectivity index (χ1n) is 8.40. The molecule has 114 valence electrons. The van der Waals surface area contributed by atoms with Crippen molar-refractivity contribution in [2.75, 3.05) is 26.2 Å². The zero-order chi connectivity index (χ0) is 13.8. The number of hydrogen-bond donors (Lipinski definition) is 2. The van der Waals surface area contributed by atoms with E-state index in [4.69, 9.17) is 10.8 Å². The van der Waals surface area contributed by atoms with Gasteiger partial charge in [-0.15, -0.1) is 0 Å². The fourth-order valence-corrected chi connectivity index (χ4v) is 3.93. The van der Waals surface area contributed by atoms with Crippen molar-refractivity contribution < 1.29 is 0 Å². The van der Waals surface area contributed by atoms with Crippen molar-refractivity contribution in [3.05, 3.63) is 0 Å². The fraction of sp³-hybridized carbons (Fsp3) is 0.933. The number of guanidine groups is 1. The first-order valence-corrected chi connectivity index (χ1v) is 8.40. The Morgan fingerprint density at radius 2 is 1.70 bits per heavy atom. The summed E-state index contributed by atoms with van der Waals surface area (Å²) in [5, 5.41) is 0. The van der Waals surface area contributed by atoms with Crippen LogP contribution in [0.3, 0.4) is 0 Å². The van der Waals surface area contributed by atoms with Gasteiger partial charge in [0, 0.05) is 19.1 Å². The number of hydrogen-bond acceptors (Lipinski definition) is 3. The molecular formula is C15H29N5. The molecule has 0 aromatic rings. The quantitative estimate of drug-likeness (QED) is 0.346. The van der Waals surface area contributed by atoms with E-state index >= 15 is 0 Å². The van der Waals surface area contributed by atoms with Crippen molar-refractivity contribution in [2.24, 2.45) is 10.8 Å². The van der Waals surface area contributed by atoms with Gasteiger partial charge < -0.3 is 4.90 Å². The minimum atomic E-state index is 0.495. The number of likely N-dealkylation sites (tertiary alicyclic amines) is 2. The second-order valence-corrected chi connectivity index (χ2v) is 6.52. The van der Waals surface area contributed by atoms with Crippen molar-refractivity contribution in [3.63, 3.8) is 0 Å². The summed E-state index contributed by atoms with van der Waals surface area (Å²) in [5.74, 6) is 6.65. The van der Waals surface area contributed by atoms with Crippen LogP contribution in [0.1, 0.15) is 51.4 Å². The Balaban J connectivity index is 1.56. The normalized spacial score (nSPS) is 30.1. The first-order chi connectivity index (χ1) is 9.86.